The minimum absolute atomic E-state index is 0.0430. The summed E-state index contributed by atoms with van der Waals surface area (Å²) in [5, 5.41) is 16.2. The highest BCUT2D eigenvalue weighted by Crippen LogP contribution is 2.34. The zero-order valence-electron chi connectivity index (χ0n) is 28.1. The Morgan fingerprint density at radius 1 is 0.771 bits per heavy atom. The van der Waals surface area contributed by atoms with Gasteiger partial charge in [0.2, 0.25) is 10.0 Å². The predicted molar refractivity (Wildman–Crippen MR) is 196 cm³/mol. The number of hydrogen-bond donors (Lipinski definition) is 4. The van der Waals surface area contributed by atoms with Crippen molar-refractivity contribution in [3.8, 4) is 11.5 Å². The fraction of sp³-hybridized carbons (Fsp3) is 0.459. The number of ether oxygens (including phenoxy) is 1. The molecule has 48 heavy (non-hydrogen) atoms. The molecule has 0 aliphatic carbocycles. The summed E-state index contributed by atoms with van der Waals surface area (Å²) in [7, 11) is -3.45. The zero-order valence-corrected chi connectivity index (χ0v) is 29.7. The van der Waals surface area contributed by atoms with Crippen LogP contribution in [0.2, 0.25) is 5.02 Å². The lowest BCUT2D eigenvalue weighted by molar-refractivity contribution is -0.123. The third-order valence-corrected chi connectivity index (χ3v) is 9.60. The van der Waals surface area contributed by atoms with E-state index in [1.165, 1.54) is 50.7 Å². The van der Waals surface area contributed by atoms with Gasteiger partial charge in [0.25, 0.3) is 11.8 Å². The summed E-state index contributed by atoms with van der Waals surface area (Å²) < 4.78 is 33.3. The van der Waals surface area contributed by atoms with E-state index in [1.807, 2.05) is 6.92 Å². The molecule has 9 nitrogen and oxygen atoms in total. The van der Waals surface area contributed by atoms with Gasteiger partial charge in [0, 0.05) is 17.3 Å². The summed E-state index contributed by atoms with van der Waals surface area (Å²) in [5.41, 5.74) is 1.11. The summed E-state index contributed by atoms with van der Waals surface area (Å²) in [6.07, 6.45) is 12.4. The summed E-state index contributed by atoms with van der Waals surface area (Å²) in [5.74, 6) is -0.669. The van der Waals surface area contributed by atoms with E-state index in [9.17, 15) is 23.1 Å². The van der Waals surface area contributed by atoms with E-state index in [4.69, 9.17) is 16.3 Å². The maximum Gasteiger partial charge on any atom is 0.265 e. The lowest BCUT2D eigenvalue weighted by Gasteiger charge is -2.20. The number of carbonyl (C=O) groups excluding carboxylic acids is 2. The molecule has 0 saturated carbocycles. The first-order valence-corrected chi connectivity index (χ1v) is 19.1. The molecule has 1 atom stereocenters. The monoisotopic (exact) mass is 699 g/mol. The number of hydrogen-bond acceptors (Lipinski definition) is 6. The van der Waals surface area contributed by atoms with Crippen molar-refractivity contribution in [2.24, 2.45) is 0 Å². The van der Waals surface area contributed by atoms with Gasteiger partial charge in [-0.25, -0.2) is 8.42 Å². The first-order valence-electron chi connectivity index (χ1n) is 17.1. The van der Waals surface area contributed by atoms with E-state index < -0.39 is 27.9 Å². The number of phenolic OH excluding ortho intramolecular Hbond substituents is 1. The number of aromatic hydroxyl groups is 1. The fourth-order valence-corrected chi connectivity index (χ4v) is 6.62. The number of sulfonamides is 1. The maximum atomic E-state index is 13.5. The predicted octanol–water partition coefficient (Wildman–Crippen LogP) is 9.54. The van der Waals surface area contributed by atoms with Crippen LogP contribution in [-0.4, -0.2) is 37.2 Å². The number of nitrogens with one attached hydrogen (secondary N) is 3. The van der Waals surface area contributed by atoms with Crippen LogP contribution in [0.15, 0.2) is 66.7 Å². The zero-order chi connectivity index (χ0) is 34.8. The van der Waals surface area contributed by atoms with Crippen LogP contribution < -0.4 is 20.1 Å². The number of phenols is 1. The van der Waals surface area contributed by atoms with Crippen LogP contribution in [0.3, 0.4) is 0 Å². The van der Waals surface area contributed by atoms with Crippen molar-refractivity contribution in [2.45, 2.75) is 103 Å². The number of rotatable bonds is 22. The molecule has 3 aromatic rings. The summed E-state index contributed by atoms with van der Waals surface area (Å²) >= 11 is 6.48. The Hall–Kier alpha value is -3.76. The molecule has 0 fully saturated rings. The lowest BCUT2D eigenvalue weighted by atomic mass is 10.0. The third-order valence-electron chi connectivity index (χ3n) is 7.91. The summed E-state index contributed by atoms with van der Waals surface area (Å²) in [4.78, 5) is 26.1. The molecule has 0 bridgehead atoms. The number of amides is 2. The highest BCUT2D eigenvalue weighted by molar-refractivity contribution is 7.92. The fourth-order valence-electron chi connectivity index (χ4n) is 5.15. The van der Waals surface area contributed by atoms with Gasteiger partial charge >= 0.3 is 0 Å². The van der Waals surface area contributed by atoms with Gasteiger partial charge in [-0.2, -0.15) is 0 Å². The van der Waals surface area contributed by atoms with Crippen LogP contribution in [0.4, 0.5) is 17.1 Å². The van der Waals surface area contributed by atoms with E-state index in [0.717, 1.165) is 32.1 Å². The second kappa shape index (κ2) is 20.6. The van der Waals surface area contributed by atoms with E-state index in [0.29, 0.717) is 29.8 Å². The van der Waals surface area contributed by atoms with Gasteiger partial charge in [-0.1, -0.05) is 108 Å². The number of carbonyl (C=O) groups is 2. The average molecular weight is 700 g/mol. The van der Waals surface area contributed by atoms with Gasteiger partial charge in [0.05, 0.1) is 22.2 Å². The van der Waals surface area contributed by atoms with Crippen LogP contribution in [0.1, 0.15) is 108 Å². The standard InChI is InChI=1S/C37H50ClN3O6S/c1-3-5-7-8-9-10-11-12-13-17-20-35(47-30-23-21-29(22-24-30)41-48(45,46)25-6-4-2)37(44)39-32-27-34(42)33(26-31(32)38)40-36(43)28-18-15-14-16-19-28/h14-16,18-19,21-24,26-27,35,41-42H,3-13,17,20,25H2,1-2H3,(H,39,44)(H,40,43)/t35-/m0/s1. The molecule has 0 radical (unpaired) electrons. The topological polar surface area (TPSA) is 134 Å². The molecular formula is C37H50ClN3O6S. The second-order valence-corrected chi connectivity index (χ2v) is 14.3. The molecule has 3 aromatic carbocycles. The lowest BCUT2D eigenvalue weighted by Crippen LogP contribution is -2.33. The highest BCUT2D eigenvalue weighted by atomic mass is 35.5. The Kier molecular flexibility index (Phi) is 16.6. The van der Waals surface area contributed by atoms with Crippen molar-refractivity contribution >= 4 is 50.5 Å². The Labute approximate surface area is 290 Å². The van der Waals surface area contributed by atoms with Gasteiger partial charge in [0.1, 0.15) is 11.5 Å². The Morgan fingerprint density at radius 2 is 1.38 bits per heavy atom. The Bertz CT molecular complexity index is 1530. The van der Waals surface area contributed by atoms with Crippen molar-refractivity contribution < 1.29 is 27.9 Å². The molecule has 0 heterocycles. The molecule has 2 amide bonds. The van der Waals surface area contributed by atoms with Crippen LogP contribution in [0, 0.1) is 0 Å². The molecule has 0 spiro atoms. The number of unbranched alkanes of at least 4 members (excludes halogenated alkanes) is 10. The first-order chi connectivity index (χ1) is 23.1. The summed E-state index contributed by atoms with van der Waals surface area (Å²) in [6.45, 7) is 4.15. The van der Waals surface area contributed by atoms with Gasteiger partial charge in [-0.15, -0.1) is 0 Å². The SMILES string of the molecule is CCCCCCCCCCCC[C@H](Oc1ccc(NS(=O)(=O)CCCC)cc1)C(=O)Nc1cc(O)c(NC(=O)c2ccccc2)cc1Cl. The van der Waals surface area contributed by atoms with Crippen LogP contribution in [0.5, 0.6) is 11.5 Å². The van der Waals surface area contributed by atoms with E-state index in [1.54, 1.807) is 54.6 Å². The van der Waals surface area contributed by atoms with Crippen LogP contribution in [0.25, 0.3) is 0 Å². The van der Waals surface area contributed by atoms with E-state index >= 15 is 0 Å². The molecule has 3 rings (SSSR count). The van der Waals surface area contributed by atoms with Crippen molar-refractivity contribution in [1.29, 1.82) is 0 Å². The quantitative estimate of drug-likeness (QED) is 0.0610. The van der Waals surface area contributed by atoms with Crippen LogP contribution in [-0.2, 0) is 14.8 Å². The van der Waals surface area contributed by atoms with Gasteiger partial charge in [0.15, 0.2) is 6.10 Å². The molecule has 0 unspecified atom stereocenters. The Morgan fingerprint density at radius 3 is 2.00 bits per heavy atom. The molecular weight excluding hydrogens is 650 g/mol. The third kappa shape index (κ3) is 13.8. The van der Waals surface area contributed by atoms with Gasteiger partial charge < -0.3 is 20.5 Å². The maximum absolute atomic E-state index is 13.5. The second-order valence-electron chi connectivity index (χ2n) is 12.0. The molecule has 262 valence electrons. The van der Waals surface area contributed by atoms with Crippen molar-refractivity contribution in [3.63, 3.8) is 0 Å². The van der Waals surface area contributed by atoms with Crippen LogP contribution >= 0.6 is 11.6 Å². The molecule has 0 aliphatic heterocycles. The van der Waals surface area contributed by atoms with E-state index in [-0.39, 0.29) is 27.9 Å². The van der Waals surface area contributed by atoms with Gasteiger partial charge in [-0.05, 0) is 61.7 Å². The molecule has 4 N–H and O–H groups in total. The highest BCUT2D eigenvalue weighted by Gasteiger charge is 2.23. The Balaban J connectivity index is 1.65. The number of benzene rings is 3. The minimum atomic E-state index is -3.45. The molecule has 0 aliphatic rings. The minimum Gasteiger partial charge on any atom is -0.506 e. The normalized spacial score (nSPS) is 11.9. The number of anilines is 3. The van der Waals surface area contributed by atoms with E-state index in [2.05, 4.69) is 22.3 Å². The largest absolute Gasteiger partial charge is 0.506 e. The average Bonchev–Trinajstić information content (AvgIpc) is 3.07. The van der Waals surface area contributed by atoms with Crippen molar-refractivity contribution in [3.05, 3.63) is 77.3 Å². The van der Waals surface area contributed by atoms with Gasteiger partial charge in [-0.3, -0.25) is 14.3 Å². The molecule has 11 heteroatoms. The smallest absolute Gasteiger partial charge is 0.265 e. The molecule has 0 saturated heterocycles. The number of halogens is 1. The molecule has 0 aromatic heterocycles. The van der Waals surface area contributed by atoms with Crippen molar-refractivity contribution in [2.75, 3.05) is 21.1 Å². The van der Waals surface area contributed by atoms with Crippen molar-refractivity contribution in [1.82, 2.24) is 0 Å². The first kappa shape index (κ1) is 38.7. The summed E-state index contributed by atoms with van der Waals surface area (Å²) in [6, 6.07) is 17.7.